The molecule has 266 valence electrons. The van der Waals surface area contributed by atoms with Crippen molar-refractivity contribution < 1.29 is 33.6 Å². The number of ketones is 1. The fourth-order valence-corrected chi connectivity index (χ4v) is 8.25. The number of urea groups is 1. The van der Waals surface area contributed by atoms with Crippen molar-refractivity contribution in [3.05, 3.63) is 0 Å². The highest BCUT2D eigenvalue weighted by molar-refractivity contribution is 6.37. The van der Waals surface area contributed by atoms with Gasteiger partial charge >= 0.3 is 6.03 Å². The molecule has 2 heterocycles. The van der Waals surface area contributed by atoms with E-state index in [1.165, 1.54) is 4.90 Å². The van der Waals surface area contributed by atoms with Gasteiger partial charge in [-0.25, -0.2) is 4.79 Å². The number of likely N-dealkylation sites (tertiary alicyclic amines) is 2. The van der Waals surface area contributed by atoms with Gasteiger partial charge in [0, 0.05) is 25.9 Å². The topological polar surface area (TPSA) is 188 Å². The van der Waals surface area contributed by atoms with E-state index in [4.69, 9.17) is 5.73 Å². The number of rotatable bonds is 12. The third-order valence-corrected chi connectivity index (χ3v) is 11.7. The zero-order valence-corrected chi connectivity index (χ0v) is 29.1. The highest BCUT2D eigenvalue weighted by atomic mass is 16.2. The van der Waals surface area contributed by atoms with Gasteiger partial charge in [-0.2, -0.15) is 0 Å². The molecule has 0 aromatic rings. The summed E-state index contributed by atoms with van der Waals surface area (Å²) in [6, 6.07) is -3.93. The number of nitrogens with one attached hydrogen (secondary N) is 3. The maximum Gasteiger partial charge on any atom is 0.315 e. The summed E-state index contributed by atoms with van der Waals surface area (Å²) in [5.41, 5.74) is 4.63. The molecule has 0 aromatic heterocycles. The molecule has 0 aromatic carbocycles. The maximum atomic E-state index is 14.5. The minimum Gasteiger partial charge on any atom is -0.363 e. The van der Waals surface area contributed by atoms with Crippen LogP contribution in [-0.2, 0) is 28.8 Å². The zero-order chi connectivity index (χ0) is 35.1. The van der Waals surface area contributed by atoms with Crippen molar-refractivity contribution in [3.63, 3.8) is 0 Å². The Hall–Kier alpha value is -3.51. The largest absolute Gasteiger partial charge is 0.363 e. The van der Waals surface area contributed by atoms with Crippen LogP contribution in [0.4, 0.5) is 4.79 Å². The van der Waals surface area contributed by atoms with Gasteiger partial charge in [0.15, 0.2) is 0 Å². The van der Waals surface area contributed by atoms with E-state index < -0.39 is 53.2 Å². The molecule has 6 atom stereocenters. The van der Waals surface area contributed by atoms with Crippen LogP contribution < -0.4 is 21.7 Å². The Balaban J connectivity index is 1.35. The van der Waals surface area contributed by atoms with Crippen LogP contribution in [0.15, 0.2) is 0 Å². The monoisotopic (exact) mass is 670 g/mol. The standard InChI is InChI=1S/C35H54N6O7/c1-34(2,3)23(18-40-24(42)12-9-13-25(40)43)38-33(48)39-27(20-10-7-6-8-11-20)32(47)41-17-21-26(35(21,4)5)28(41)31(46)37-22(16-19-14-15-19)29(44)30(36)45/h19-23,26-28H,6-18H2,1-5H3,(H2,36,45)(H,37,46)(H2,38,39,48)/t21-,22?,23+,26-,27-,28-/m0/s1. The van der Waals surface area contributed by atoms with Gasteiger partial charge in [-0.1, -0.05) is 66.7 Å². The van der Waals surface area contributed by atoms with Gasteiger partial charge < -0.3 is 26.6 Å². The number of amides is 7. The van der Waals surface area contributed by atoms with Crippen LogP contribution in [0.2, 0.25) is 0 Å². The molecular formula is C35H54N6O7. The van der Waals surface area contributed by atoms with Gasteiger partial charge in [-0.05, 0) is 60.2 Å². The molecule has 5 fully saturated rings. The third kappa shape index (κ3) is 7.70. The van der Waals surface area contributed by atoms with E-state index in [1.54, 1.807) is 4.90 Å². The normalized spacial score (nSPS) is 27.4. The quantitative estimate of drug-likeness (QED) is 0.181. The summed E-state index contributed by atoms with van der Waals surface area (Å²) >= 11 is 0. The van der Waals surface area contributed by atoms with Crippen molar-refractivity contribution in [2.75, 3.05) is 13.1 Å². The average molecular weight is 671 g/mol. The molecular weight excluding hydrogens is 616 g/mol. The number of nitrogens with zero attached hydrogens (tertiary/aromatic N) is 2. The molecule has 5 aliphatic rings. The van der Waals surface area contributed by atoms with E-state index in [2.05, 4.69) is 29.8 Å². The predicted molar refractivity (Wildman–Crippen MR) is 176 cm³/mol. The van der Waals surface area contributed by atoms with Crippen LogP contribution in [0.1, 0.15) is 105 Å². The smallest absolute Gasteiger partial charge is 0.315 e. The fraction of sp³-hybridized carbons (Fsp3) is 0.800. The molecule has 13 heteroatoms. The van der Waals surface area contributed by atoms with E-state index in [9.17, 15) is 33.6 Å². The Morgan fingerprint density at radius 1 is 0.896 bits per heavy atom. The number of Topliss-reactive ketones (excluding diaryl/α,β-unsaturated/α-hetero) is 1. The summed E-state index contributed by atoms with van der Waals surface area (Å²) in [6.07, 6.45) is 7.63. The lowest BCUT2D eigenvalue weighted by Gasteiger charge is -2.39. The van der Waals surface area contributed by atoms with Crippen molar-refractivity contribution in [1.29, 1.82) is 0 Å². The second-order valence-electron chi connectivity index (χ2n) is 16.5. The van der Waals surface area contributed by atoms with Crippen LogP contribution >= 0.6 is 0 Å². The van der Waals surface area contributed by atoms with Crippen LogP contribution in [0.3, 0.4) is 0 Å². The molecule has 5 rings (SSSR count). The highest BCUT2D eigenvalue weighted by Gasteiger charge is 2.69. The number of hydrogen-bond donors (Lipinski definition) is 4. The molecule has 0 spiro atoms. The summed E-state index contributed by atoms with van der Waals surface area (Å²) in [6.45, 7) is 10.3. The van der Waals surface area contributed by atoms with Crippen molar-refractivity contribution in [2.45, 2.75) is 129 Å². The number of carbonyl (C=O) groups excluding carboxylic acids is 7. The van der Waals surface area contributed by atoms with Crippen molar-refractivity contribution in [2.24, 2.45) is 40.2 Å². The van der Waals surface area contributed by atoms with E-state index in [-0.39, 0.29) is 66.2 Å². The number of fused-ring (bicyclic) bond motifs is 1. The van der Waals surface area contributed by atoms with Crippen LogP contribution in [0, 0.1) is 34.5 Å². The lowest BCUT2D eigenvalue weighted by atomic mass is 9.83. The Morgan fingerprint density at radius 3 is 2.08 bits per heavy atom. The number of primary amides is 1. The van der Waals surface area contributed by atoms with Crippen LogP contribution in [0.5, 0.6) is 0 Å². The Kier molecular flexibility index (Phi) is 10.3. The second-order valence-corrected chi connectivity index (χ2v) is 16.5. The summed E-state index contributed by atoms with van der Waals surface area (Å²) in [5.74, 6) is -3.20. The van der Waals surface area contributed by atoms with Gasteiger partial charge in [0.25, 0.3) is 5.91 Å². The summed E-state index contributed by atoms with van der Waals surface area (Å²) in [4.78, 5) is 94.7. The molecule has 13 nitrogen and oxygen atoms in total. The molecule has 3 saturated carbocycles. The molecule has 3 aliphatic carbocycles. The van der Waals surface area contributed by atoms with Crippen molar-refractivity contribution in [3.8, 4) is 0 Å². The lowest BCUT2D eigenvalue weighted by molar-refractivity contribution is -0.148. The van der Waals surface area contributed by atoms with E-state index in [1.807, 2.05) is 20.8 Å². The molecule has 7 amide bonds. The van der Waals surface area contributed by atoms with Gasteiger partial charge in [-0.3, -0.25) is 33.7 Å². The summed E-state index contributed by atoms with van der Waals surface area (Å²) in [7, 11) is 0. The first kappa shape index (κ1) is 35.8. The van der Waals surface area contributed by atoms with Gasteiger partial charge in [0.2, 0.25) is 29.4 Å². The highest BCUT2D eigenvalue weighted by Crippen LogP contribution is 2.65. The van der Waals surface area contributed by atoms with Crippen molar-refractivity contribution >= 4 is 41.4 Å². The average Bonchev–Trinajstić information content (AvgIpc) is 3.87. The summed E-state index contributed by atoms with van der Waals surface area (Å²) < 4.78 is 0. The van der Waals surface area contributed by atoms with Gasteiger partial charge in [0.1, 0.15) is 12.1 Å². The molecule has 1 unspecified atom stereocenters. The zero-order valence-electron chi connectivity index (χ0n) is 29.1. The maximum absolute atomic E-state index is 14.5. The Labute approximate surface area is 283 Å². The molecule has 2 saturated heterocycles. The fourth-order valence-electron chi connectivity index (χ4n) is 8.25. The summed E-state index contributed by atoms with van der Waals surface area (Å²) in [5, 5.41) is 8.73. The van der Waals surface area contributed by atoms with E-state index in [0.717, 1.165) is 44.9 Å². The number of imide groups is 1. The molecule has 48 heavy (non-hydrogen) atoms. The van der Waals surface area contributed by atoms with Gasteiger partial charge in [-0.15, -0.1) is 0 Å². The number of piperidine rings is 2. The van der Waals surface area contributed by atoms with Crippen molar-refractivity contribution in [1.82, 2.24) is 25.8 Å². The minimum absolute atomic E-state index is 0.0372. The van der Waals surface area contributed by atoms with Crippen LogP contribution in [0.25, 0.3) is 0 Å². The molecule has 0 bridgehead atoms. The van der Waals surface area contributed by atoms with E-state index in [0.29, 0.717) is 19.4 Å². The number of nitrogens with two attached hydrogens (primary N) is 1. The molecule has 2 aliphatic heterocycles. The van der Waals surface area contributed by atoms with E-state index >= 15 is 0 Å². The predicted octanol–water partition coefficient (Wildman–Crippen LogP) is 2.01. The Morgan fingerprint density at radius 2 is 1.52 bits per heavy atom. The first-order chi connectivity index (χ1) is 22.5. The van der Waals surface area contributed by atoms with Crippen LogP contribution in [-0.4, -0.2) is 88.4 Å². The lowest BCUT2D eigenvalue weighted by Crippen LogP contribution is -2.62. The number of carbonyl (C=O) groups is 7. The molecule has 5 N–H and O–H groups in total. The van der Waals surface area contributed by atoms with Gasteiger partial charge in [0.05, 0.1) is 12.1 Å². The first-order valence-electron chi connectivity index (χ1n) is 17.9. The minimum atomic E-state index is -1.10. The molecule has 0 radical (unpaired) electrons. The number of hydrogen-bond acceptors (Lipinski definition) is 7. The first-order valence-corrected chi connectivity index (χ1v) is 17.9. The second kappa shape index (κ2) is 13.8. The third-order valence-electron chi connectivity index (χ3n) is 11.7. The Bertz CT molecular complexity index is 1310. The SMILES string of the molecule is CC(C)(C)[C@@H](CN1C(=O)CCCC1=O)NC(=O)N[C@H](C(=O)N1C[C@H]2[C@@H]([C@H]1C(=O)NC(CC1CC1)C(=O)C(N)=O)C2(C)C)C1CCCCC1.